The van der Waals surface area contributed by atoms with Crippen molar-refractivity contribution in [3.05, 3.63) is 93.9 Å². The van der Waals surface area contributed by atoms with Gasteiger partial charge in [0.2, 0.25) is 9.84 Å². The molecule has 0 unspecified atom stereocenters. The highest BCUT2D eigenvalue weighted by atomic mass is 35.5. The number of halogens is 1. The Morgan fingerprint density at radius 3 is 2.37 bits per heavy atom. The molecule has 0 heterocycles. The first-order valence-electron chi connectivity index (χ1n) is 8.91. The Morgan fingerprint density at radius 2 is 1.73 bits per heavy atom. The van der Waals surface area contributed by atoms with Gasteiger partial charge in [-0.15, -0.1) is 0 Å². The number of rotatable bonds is 7. The number of allylic oxidation sites excluding steroid dienone is 1. The fourth-order valence-corrected chi connectivity index (χ4v) is 3.99. The van der Waals surface area contributed by atoms with Crippen molar-refractivity contribution in [3.8, 4) is 17.6 Å². The summed E-state index contributed by atoms with van der Waals surface area (Å²) in [4.78, 5) is -0.293. The van der Waals surface area contributed by atoms with E-state index in [0.29, 0.717) is 28.7 Å². The Kier molecular flexibility index (Phi) is 6.78. The van der Waals surface area contributed by atoms with E-state index in [9.17, 15) is 13.7 Å². The summed E-state index contributed by atoms with van der Waals surface area (Å²) in [6.45, 7) is 0.314. The molecule has 0 aliphatic heterocycles. The second-order valence-corrected chi connectivity index (χ2v) is 8.62. The van der Waals surface area contributed by atoms with Gasteiger partial charge in [0.25, 0.3) is 0 Å². The number of ether oxygens (including phenoxy) is 2. The van der Waals surface area contributed by atoms with Gasteiger partial charge in [-0.05, 0) is 53.6 Å². The first-order valence-corrected chi connectivity index (χ1v) is 10.8. The molecule has 30 heavy (non-hydrogen) atoms. The highest BCUT2D eigenvalue weighted by molar-refractivity contribution is 7.95. The van der Waals surface area contributed by atoms with Gasteiger partial charge >= 0.3 is 0 Å². The predicted molar refractivity (Wildman–Crippen MR) is 116 cm³/mol. The molecule has 0 saturated carbocycles. The van der Waals surface area contributed by atoms with Gasteiger partial charge in [-0.3, -0.25) is 0 Å². The van der Waals surface area contributed by atoms with Crippen molar-refractivity contribution in [2.75, 3.05) is 7.11 Å². The van der Waals surface area contributed by atoms with Crippen molar-refractivity contribution in [2.45, 2.75) is 11.5 Å². The van der Waals surface area contributed by atoms with Crippen LogP contribution in [-0.2, 0) is 16.4 Å². The summed E-state index contributed by atoms with van der Waals surface area (Å²) in [5.41, 5.74) is 1.44. The third kappa shape index (κ3) is 5.01. The number of benzene rings is 3. The van der Waals surface area contributed by atoms with Gasteiger partial charge in [0, 0.05) is 5.02 Å². The van der Waals surface area contributed by atoms with E-state index in [2.05, 4.69) is 0 Å². The maximum Gasteiger partial charge on any atom is 0.216 e. The minimum absolute atomic E-state index is 0.0627. The Morgan fingerprint density at radius 1 is 1.03 bits per heavy atom. The van der Waals surface area contributed by atoms with Crippen LogP contribution in [-0.4, -0.2) is 15.5 Å². The quantitative estimate of drug-likeness (QED) is 0.469. The van der Waals surface area contributed by atoms with E-state index in [1.807, 2.05) is 12.1 Å². The number of nitrogens with zero attached hydrogens (tertiary/aromatic N) is 1. The fourth-order valence-electron chi connectivity index (χ4n) is 2.68. The number of hydrogen-bond donors (Lipinski definition) is 0. The molecule has 0 amide bonds. The van der Waals surface area contributed by atoms with E-state index in [0.717, 1.165) is 5.56 Å². The lowest BCUT2D eigenvalue weighted by Crippen LogP contribution is -2.03. The predicted octanol–water partition coefficient (Wildman–Crippen LogP) is 5.27. The first kappa shape index (κ1) is 21.4. The lowest BCUT2D eigenvalue weighted by molar-refractivity contribution is 0.284. The number of methoxy groups -OCH3 is 1. The maximum absolute atomic E-state index is 12.7. The Bertz CT molecular complexity index is 1200. The van der Waals surface area contributed by atoms with Gasteiger partial charge in [0.1, 0.15) is 17.6 Å². The van der Waals surface area contributed by atoms with Gasteiger partial charge in [0.05, 0.1) is 12.0 Å². The first-order chi connectivity index (χ1) is 14.4. The summed E-state index contributed by atoms with van der Waals surface area (Å²) in [5, 5.41) is 10.1. The van der Waals surface area contributed by atoms with Crippen molar-refractivity contribution >= 4 is 27.5 Å². The van der Waals surface area contributed by atoms with Crippen LogP contribution in [0.1, 0.15) is 11.1 Å². The van der Waals surface area contributed by atoms with Crippen molar-refractivity contribution in [1.29, 1.82) is 5.26 Å². The molecule has 0 spiro atoms. The van der Waals surface area contributed by atoms with Crippen LogP contribution in [0.3, 0.4) is 0 Å². The monoisotopic (exact) mass is 439 g/mol. The lowest BCUT2D eigenvalue weighted by Gasteiger charge is -2.12. The van der Waals surface area contributed by atoms with Crippen molar-refractivity contribution < 1.29 is 17.9 Å². The van der Waals surface area contributed by atoms with Crippen molar-refractivity contribution in [1.82, 2.24) is 0 Å². The molecular formula is C23H18ClNO4S. The van der Waals surface area contributed by atoms with Gasteiger partial charge < -0.3 is 9.47 Å². The average molecular weight is 440 g/mol. The topological polar surface area (TPSA) is 76.4 Å². The molecule has 7 heteroatoms. The highest BCUT2D eigenvalue weighted by Crippen LogP contribution is 2.31. The summed E-state index contributed by atoms with van der Waals surface area (Å²) < 4.78 is 36.6. The maximum atomic E-state index is 12.7. The van der Waals surface area contributed by atoms with Crippen LogP contribution in [0.5, 0.6) is 11.5 Å². The largest absolute Gasteiger partial charge is 0.493 e. The molecule has 3 aromatic carbocycles. The second-order valence-electron chi connectivity index (χ2n) is 6.26. The summed E-state index contributed by atoms with van der Waals surface area (Å²) in [6.07, 6.45) is 1.31. The fraction of sp³-hybridized carbons (Fsp3) is 0.0870. The summed E-state index contributed by atoms with van der Waals surface area (Å²) >= 11 is 5.89. The minimum Gasteiger partial charge on any atom is -0.493 e. The molecule has 0 atom stereocenters. The third-order valence-corrected chi connectivity index (χ3v) is 6.18. The zero-order chi connectivity index (χ0) is 21.6. The van der Waals surface area contributed by atoms with Gasteiger partial charge in [-0.25, -0.2) is 8.42 Å². The Balaban J connectivity index is 1.86. The van der Waals surface area contributed by atoms with Crippen LogP contribution < -0.4 is 9.47 Å². The van der Waals surface area contributed by atoms with Crippen LogP contribution in [0, 0.1) is 11.3 Å². The molecule has 152 valence electrons. The van der Waals surface area contributed by atoms with E-state index in [4.69, 9.17) is 21.1 Å². The number of hydrogen-bond acceptors (Lipinski definition) is 5. The molecule has 0 saturated heterocycles. The van der Waals surface area contributed by atoms with Crippen molar-refractivity contribution in [3.63, 3.8) is 0 Å². The average Bonchev–Trinajstić information content (AvgIpc) is 2.77. The SMILES string of the molecule is COc1cc(/C=C(\C#N)S(=O)(=O)c2ccccc2)ccc1OCc1ccc(Cl)cc1. The highest BCUT2D eigenvalue weighted by Gasteiger charge is 2.20. The second kappa shape index (κ2) is 9.49. The molecule has 5 nitrogen and oxygen atoms in total. The number of sulfone groups is 1. The molecule has 0 bridgehead atoms. The zero-order valence-electron chi connectivity index (χ0n) is 16.1. The minimum atomic E-state index is -3.91. The molecule has 0 aliphatic carbocycles. The van der Waals surface area contributed by atoms with Gasteiger partial charge in [-0.2, -0.15) is 5.26 Å². The number of nitriles is 1. The smallest absolute Gasteiger partial charge is 0.216 e. The third-order valence-electron chi connectivity index (χ3n) is 4.25. The van der Waals surface area contributed by atoms with E-state index >= 15 is 0 Å². The van der Waals surface area contributed by atoms with E-state index in [-0.39, 0.29) is 9.80 Å². The normalized spacial score (nSPS) is 11.6. The van der Waals surface area contributed by atoms with Crippen LogP contribution in [0.4, 0.5) is 0 Å². The summed E-state index contributed by atoms with van der Waals surface area (Å²) in [5.74, 6) is 0.918. The van der Waals surface area contributed by atoms with Crippen LogP contribution in [0.15, 0.2) is 82.6 Å². The van der Waals surface area contributed by atoms with Gasteiger partial charge in [0.15, 0.2) is 11.5 Å². The Hall–Kier alpha value is -3.27. The zero-order valence-corrected chi connectivity index (χ0v) is 17.7. The molecular weight excluding hydrogens is 422 g/mol. The standard InChI is InChI=1S/C23H18ClNO4S/c1-28-23-14-18(9-12-22(23)29-16-17-7-10-19(24)11-8-17)13-21(15-25)30(26,27)20-5-3-2-4-6-20/h2-14H,16H2,1H3/b21-13+. The molecule has 3 aromatic rings. The van der Waals surface area contributed by atoms with E-state index in [1.165, 1.54) is 25.3 Å². The lowest BCUT2D eigenvalue weighted by atomic mass is 10.2. The molecule has 0 aromatic heterocycles. The van der Waals surface area contributed by atoms with Crippen LogP contribution >= 0.6 is 11.6 Å². The van der Waals surface area contributed by atoms with Crippen LogP contribution in [0.2, 0.25) is 5.02 Å². The van der Waals surface area contributed by atoms with Crippen molar-refractivity contribution in [2.24, 2.45) is 0 Å². The van der Waals surface area contributed by atoms with E-state index in [1.54, 1.807) is 54.6 Å². The van der Waals surface area contributed by atoms with E-state index < -0.39 is 9.84 Å². The van der Waals surface area contributed by atoms with Crippen LogP contribution in [0.25, 0.3) is 6.08 Å². The molecule has 0 fully saturated rings. The molecule has 3 rings (SSSR count). The summed E-state index contributed by atoms with van der Waals surface area (Å²) in [6, 6.07) is 21.9. The molecule has 0 aliphatic rings. The molecule has 0 N–H and O–H groups in total. The Labute approximate surface area is 180 Å². The summed E-state index contributed by atoms with van der Waals surface area (Å²) in [7, 11) is -2.42. The molecule has 0 radical (unpaired) electrons. The van der Waals surface area contributed by atoms with Gasteiger partial charge in [-0.1, -0.05) is 48.0 Å².